The van der Waals surface area contributed by atoms with Crippen molar-refractivity contribution in [2.45, 2.75) is 48.0 Å². The normalized spacial score (nSPS) is 14.3. The Labute approximate surface area is 87.0 Å². The second-order valence-corrected chi connectivity index (χ2v) is 6.08. The summed E-state index contributed by atoms with van der Waals surface area (Å²) in [7, 11) is 0. The van der Waals surface area contributed by atoms with Gasteiger partial charge in [-0.25, -0.2) is 4.79 Å². The minimum Gasteiger partial charge on any atom is -0.478 e. The van der Waals surface area contributed by atoms with Gasteiger partial charge >= 0.3 is 5.97 Å². The molecule has 0 heterocycles. The molecule has 0 bridgehead atoms. The molecule has 0 amide bonds. The molecule has 0 unspecified atom stereocenters. The highest BCUT2D eigenvalue weighted by atomic mass is 16.4. The quantitative estimate of drug-likeness (QED) is 0.690. The van der Waals surface area contributed by atoms with Crippen LogP contribution >= 0.6 is 0 Å². The van der Waals surface area contributed by atoms with E-state index >= 15 is 0 Å². The highest BCUT2D eigenvalue weighted by molar-refractivity contribution is 5.86. The first-order valence-corrected chi connectivity index (χ1v) is 4.96. The molecule has 0 saturated carbocycles. The van der Waals surface area contributed by atoms with Crippen molar-refractivity contribution in [2.75, 3.05) is 0 Å². The Balaban J connectivity index is 4.81. The van der Waals surface area contributed by atoms with Gasteiger partial charge in [-0.15, -0.1) is 0 Å². The van der Waals surface area contributed by atoms with Gasteiger partial charge in [0.25, 0.3) is 0 Å². The Kier molecular flexibility index (Phi) is 3.92. The lowest BCUT2D eigenvalue weighted by atomic mass is 9.84. The maximum absolute atomic E-state index is 11.0. The number of carbonyl (C=O) groups is 1. The van der Waals surface area contributed by atoms with Crippen molar-refractivity contribution in [3.63, 3.8) is 0 Å². The van der Waals surface area contributed by atoms with Crippen LogP contribution in [0.15, 0.2) is 11.6 Å². The van der Waals surface area contributed by atoms with Crippen molar-refractivity contribution in [2.24, 2.45) is 10.8 Å². The summed E-state index contributed by atoms with van der Waals surface area (Å²) >= 11 is 0. The van der Waals surface area contributed by atoms with E-state index in [-0.39, 0.29) is 10.8 Å². The number of hydrogen-bond donors (Lipinski definition) is 1. The molecule has 2 heteroatoms. The average Bonchev–Trinajstić information content (AvgIpc) is 1.78. The summed E-state index contributed by atoms with van der Waals surface area (Å²) in [6, 6.07) is 0. The van der Waals surface area contributed by atoms with Gasteiger partial charge in [0, 0.05) is 5.57 Å². The molecule has 0 aromatic rings. The van der Waals surface area contributed by atoms with Crippen LogP contribution in [-0.2, 0) is 4.79 Å². The van der Waals surface area contributed by atoms with E-state index in [1.807, 2.05) is 47.6 Å². The molecule has 0 saturated heterocycles. The second-order valence-electron chi connectivity index (χ2n) is 6.08. The fraction of sp³-hybridized carbons (Fsp3) is 0.750. The first-order valence-electron chi connectivity index (χ1n) is 4.96. The van der Waals surface area contributed by atoms with Crippen LogP contribution < -0.4 is 0 Å². The SMILES string of the molecule is CC(C)(C)C=C(CC(C)(C)C)C(=O)O. The van der Waals surface area contributed by atoms with Crippen molar-refractivity contribution in [3.05, 3.63) is 11.6 Å². The standard InChI is InChI=1S/C12H22O2/c1-11(2,3)7-9(10(13)14)8-12(4,5)6/h7H,8H2,1-6H3,(H,13,14). The molecule has 0 atom stereocenters. The number of carboxylic acid groups (broad SMARTS) is 1. The minimum absolute atomic E-state index is 0.0233. The number of carboxylic acids is 1. The van der Waals surface area contributed by atoms with E-state index in [9.17, 15) is 4.79 Å². The lowest BCUT2D eigenvalue weighted by Crippen LogP contribution is -2.14. The number of hydrogen-bond acceptors (Lipinski definition) is 1. The summed E-state index contributed by atoms with van der Waals surface area (Å²) in [5.41, 5.74) is 0.471. The molecule has 0 radical (unpaired) electrons. The van der Waals surface area contributed by atoms with Crippen LogP contribution in [0.2, 0.25) is 0 Å². The topological polar surface area (TPSA) is 37.3 Å². The highest BCUT2D eigenvalue weighted by Crippen LogP contribution is 2.27. The lowest BCUT2D eigenvalue weighted by molar-refractivity contribution is -0.133. The number of aliphatic carboxylic acids is 1. The predicted octanol–water partition coefficient (Wildman–Crippen LogP) is 3.48. The van der Waals surface area contributed by atoms with E-state index < -0.39 is 5.97 Å². The third kappa shape index (κ3) is 6.70. The van der Waals surface area contributed by atoms with Crippen molar-refractivity contribution in [3.8, 4) is 0 Å². The number of rotatable bonds is 2. The molecular weight excluding hydrogens is 176 g/mol. The lowest BCUT2D eigenvalue weighted by Gasteiger charge is -2.21. The smallest absolute Gasteiger partial charge is 0.331 e. The Morgan fingerprint density at radius 2 is 1.57 bits per heavy atom. The maximum Gasteiger partial charge on any atom is 0.331 e. The van der Waals surface area contributed by atoms with E-state index in [1.54, 1.807) is 0 Å². The minimum atomic E-state index is -0.796. The summed E-state index contributed by atoms with van der Waals surface area (Å²) in [6.45, 7) is 12.2. The van der Waals surface area contributed by atoms with Crippen LogP contribution in [0.5, 0.6) is 0 Å². The van der Waals surface area contributed by atoms with Gasteiger partial charge in [-0.2, -0.15) is 0 Å². The van der Waals surface area contributed by atoms with Crippen LogP contribution in [0, 0.1) is 10.8 Å². The van der Waals surface area contributed by atoms with Crippen molar-refractivity contribution >= 4 is 5.97 Å². The van der Waals surface area contributed by atoms with Gasteiger partial charge in [-0.3, -0.25) is 0 Å². The molecule has 82 valence electrons. The molecule has 0 aliphatic carbocycles. The summed E-state index contributed by atoms with van der Waals surface area (Å²) in [4.78, 5) is 11.0. The van der Waals surface area contributed by atoms with Gasteiger partial charge < -0.3 is 5.11 Å². The van der Waals surface area contributed by atoms with Crippen LogP contribution in [0.1, 0.15) is 48.0 Å². The summed E-state index contributed by atoms with van der Waals surface area (Å²) in [5, 5.41) is 9.03. The monoisotopic (exact) mass is 198 g/mol. The van der Waals surface area contributed by atoms with Gasteiger partial charge in [-0.1, -0.05) is 47.6 Å². The third-order valence-electron chi connectivity index (χ3n) is 1.60. The first kappa shape index (κ1) is 13.2. The Hall–Kier alpha value is -0.790. The zero-order chi connectivity index (χ0) is 11.6. The molecule has 0 aliphatic heterocycles. The average molecular weight is 198 g/mol. The van der Waals surface area contributed by atoms with Crippen LogP contribution in [0.3, 0.4) is 0 Å². The summed E-state index contributed by atoms with van der Waals surface area (Å²) < 4.78 is 0. The van der Waals surface area contributed by atoms with Gasteiger partial charge in [0.2, 0.25) is 0 Å². The molecule has 0 aromatic carbocycles. The fourth-order valence-corrected chi connectivity index (χ4v) is 1.28. The molecule has 0 rings (SSSR count). The zero-order valence-electron chi connectivity index (χ0n) is 10.1. The van der Waals surface area contributed by atoms with Gasteiger partial charge in [0.15, 0.2) is 0 Å². The maximum atomic E-state index is 11.0. The van der Waals surface area contributed by atoms with E-state index in [0.717, 1.165) is 0 Å². The molecule has 1 N–H and O–H groups in total. The third-order valence-corrected chi connectivity index (χ3v) is 1.60. The predicted molar refractivity (Wildman–Crippen MR) is 59.2 cm³/mol. The second kappa shape index (κ2) is 4.16. The summed E-state index contributed by atoms with van der Waals surface area (Å²) in [5.74, 6) is -0.796. The number of allylic oxidation sites excluding steroid dienone is 1. The largest absolute Gasteiger partial charge is 0.478 e. The first-order chi connectivity index (χ1) is 6.01. The van der Waals surface area contributed by atoms with E-state index in [2.05, 4.69) is 0 Å². The molecule has 0 spiro atoms. The van der Waals surface area contributed by atoms with Crippen molar-refractivity contribution in [1.82, 2.24) is 0 Å². The van der Waals surface area contributed by atoms with Gasteiger partial charge in [0.05, 0.1) is 0 Å². The molecule has 0 fully saturated rings. The fourth-order valence-electron chi connectivity index (χ4n) is 1.28. The Morgan fingerprint density at radius 1 is 1.14 bits per heavy atom. The Morgan fingerprint density at radius 3 is 1.79 bits per heavy atom. The van der Waals surface area contributed by atoms with Crippen LogP contribution in [0.25, 0.3) is 0 Å². The van der Waals surface area contributed by atoms with E-state index in [4.69, 9.17) is 5.11 Å². The van der Waals surface area contributed by atoms with E-state index in [1.165, 1.54) is 0 Å². The van der Waals surface area contributed by atoms with Crippen LogP contribution in [0.4, 0.5) is 0 Å². The highest BCUT2D eigenvalue weighted by Gasteiger charge is 2.20. The Bertz CT molecular complexity index is 236. The zero-order valence-corrected chi connectivity index (χ0v) is 10.1. The molecule has 0 aliphatic rings. The van der Waals surface area contributed by atoms with Crippen LogP contribution in [-0.4, -0.2) is 11.1 Å². The van der Waals surface area contributed by atoms with Gasteiger partial charge in [0.1, 0.15) is 0 Å². The molecule has 2 nitrogen and oxygen atoms in total. The van der Waals surface area contributed by atoms with Gasteiger partial charge in [-0.05, 0) is 17.3 Å². The molecular formula is C12H22O2. The van der Waals surface area contributed by atoms with Crippen molar-refractivity contribution < 1.29 is 9.90 Å². The molecule has 0 aromatic heterocycles. The molecule has 14 heavy (non-hydrogen) atoms. The summed E-state index contributed by atoms with van der Waals surface area (Å²) in [6.07, 6.45) is 2.46. The van der Waals surface area contributed by atoms with Crippen molar-refractivity contribution in [1.29, 1.82) is 0 Å². The van der Waals surface area contributed by atoms with E-state index in [0.29, 0.717) is 12.0 Å².